The van der Waals surface area contributed by atoms with Crippen molar-refractivity contribution in [1.82, 2.24) is 14.9 Å². The summed E-state index contributed by atoms with van der Waals surface area (Å²) in [5.74, 6) is 1.75. The van der Waals surface area contributed by atoms with Crippen LogP contribution in [0.5, 0.6) is 0 Å². The van der Waals surface area contributed by atoms with Crippen molar-refractivity contribution in [1.29, 1.82) is 0 Å². The molecule has 0 spiro atoms. The maximum Gasteiger partial charge on any atom is 0.134 e. The van der Waals surface area contributed by atoms with Crippen LogP contribution >= 0.6 is 0 Å². The molecule has 2 fully saturated rings. The zero-order valence-corrected chi connectivity index (χ0v) is 13.8. The lowest BCUT2D eigenvalue weighted by molar-refractivity contribution is 0.0227. The predicted octanol–water partition coefficient (Wildman–Crippen LogP) is 0.570. The van der Waals surface area contributed by atoms with E-state index in [1.54, 1.807) is 6.33 Å². The van der Waals surface area contributed by atoms with Crippen LogP contribution in [0.15, 0.2) is 12.4 Å². The fraction of sp³-hybridized carbons (Fsp3) is 0.750. The van der Waals surface area contributed by atoms with E-state index in [1.165, 1.54) is 0 Å². The first-order valence-corrected chi connectivity index (χ1v) is 8.53. The van der Waals surface area contributed by atoms with Gasteiger partial charge < -0.3 is 20.1 Å². The molecule has 0 saturated carbocycles. The van der Waals surface area contributed by atoms with Gasteiger partial charge in [-0.05, 0) is 19.8 Å². The Labute approximate surface area is 137 Å². The number of aromatic nitrogens is 2. The summed E-state index contributed by atoms with van der Waals surface area (Å²) in [7, 11) is 0. The van der Waals surface area contributed by atoms with Crippen LogP contribution in [0, 0.1) is 0 Å². The van der Waals surface area contributed by atoms with Crippen LogP contribution in [-0.2, 0) is 4.74 Å². The Hall–Kier alpha value is -1.44. The number of rotatable bonds is 6. The molecular formula is C16H27N5O2. The Morgan fingerprint density at radius 2 is 2.17 bits per heavy atom. The highest BCUT2D eigenvalue weighted by Crippen LogP contribution is 2.24. The van der Waals surface area contributed by atoms with Crippen LogP contribution in [0.3, 0.4) is 0 Å². The molecule has 2 unspecified atom stereocenters. The van der Waals surface area contributed by atoms with Gasteiger partial charge in [0, 0.05) is 38.3 Å². The molecule has 0 bridgehead atoms. The van der Waals surface area contributed by atoms with E-state index in [1.807, 2.05) is 6.07 Å². The molecule has 7 nitrogen and oxygen atoms in total. The second-order valence-corrected chi connectivity index (χ2v) is 6.31. The summed E-state index contributed by atoms with van der Waals surface area (Å²) >= 11 is 0. The molecule has 0 aliphatic carbocycles. The number of ether oxygens (including phenoxy) is 1. The van der Waals surface area contributed by atoms with E-state index in [2.05, 4.69) is 32.0 Å². The number of hydrogen-bond donors (Lipinski definition) is 2. The van der Waals surface area contributed by atoms with E-state index in [0.717, 1.165) is 63.9 Å². The number of anilines is 2. The number of nitrogens with one attached hydrogen (secondary N) is 1. The minimum absolute atomic E-state index is 0.181. The SMILES string of the molecule is CC(CNc1cc(N2CCCC2CO)ncn1)N1CCOCC1. The minimum atomic E-state index is 0.181. The van der Waals surface area contributed by atoms with E-state index in [-0.39, 0.29) is 12.6 Å². The van der Waals surface area contributed by atoms with Crippen molar-refractivity contribution in [3.8, 4) is 0 Å². The Morgan fingerprint density at radius 1 is 1.35 bits per heavy atom. The fourth-order valence-electron chi connectivity index (χ4n) is 3.33. The number of hydrogen-bond acceptors (Lipinski definition) is 7. The highest BCUT2D eigenvalue weighted by atomic mass is 16.5. The van der Waals surface area contributed by atoms with E-state index in [9.17, 15) is 5.11 Å². The van der Waals surface area contributed by atoms with Crippen LogP contribution in [0.2, 0.25) is 0 Å². The highest BCUT2D eigenvalue weighted by Gasteiger charge is 2.25. The van der Waals surface area contributed by atoms with E-state index < -0.39 is 0 Å². The van der Waals surface area contributed by atoms with Gasteiger partial charge in [0.15, 0.2) is 0 Å². The lowest BCUT2D eigenvalue weighted by atomic mass is 10.2. The van der Waals surface area contributed by atoms with Crippen LogP contribution in [0.25, 0.3) is 0 Å². The zero-order chi connectivity index (χ0) is 16.1. The molecule has 0 radical (unpaired) electrons. The van der Waals surface area contributed by atoms with Crippen molar-refractivity contribution in [3.63, 3.8) is 0 Å². The first-order chi connectivity index (χ1) is 11.3. The van der Waals surface area contributed by atoms with E-state index in [4.69, 9.17) is 4.74 Å². The molecule has 1 aromatic rings. The molecule has 2 aliphatic rings. The largest absolute Gasteiger partial charge is 0.394 e. The second-order valence-electron chi connectivity index (χ2n) is 6.31. The maximum absolute atomic E-state index is 9.47. The molecule has 2 saturated heterocycles. The smallest absolute Gasteiger partial charge is 0.134 e. The van der Waals surface area contributed by atoms with Gasteiger partial charge in [0.2, 0.25) is 0 Å². The first kappa shape index (κ1) is 16.4. The molecule has 128 valence electrons. The molecule has 2 atom stereocenters. The predicted molar refractivity (Wildman–Crippen MR) is 89.8 cm³/mol. The molecule has 3 rings (SSSR count). The van der Waals surface area contributed by atoms with E-state index in [0.29, 0.717) is 6.04 Å². The van der Waals surface area contributed by atoms with Gasteiger partial charge in [0.1, 0.15) is 18.0 Å². The molecule has 2 N–H and O–H groups in total. The minimum Gasteiger partial charge on any atom is -0.394 e. The normalized spacial score (nSPS) is 23.9. The number of nitrogens with zero attached hydrogens (tertiary/aromatic N) is 4. The van der Waals surface area contributed by atoms with Crippen LogP contribution < -0.4 is 10.2 Å². The van der Waals surface area contributed by atoms with Crippen molar-refractivity contribution in [2.45, 2.75) is 31.8 Å². The first-order valence-electron chi connectivity index (χ1n) is 8.53. The van der Waals surface area contributed by atoms with Crippen LogP contribution in [0.1, 0.15) is 19.8 Å². The van der Waals surface area contributed by atoms with Crippen molar-refractivity contribution < 1.29 is 9.84 Å². The number of aliphatic hydroxyl groups is 1. The van der Waals surface area contributed by atoms with Crippen molar-refractivity contribution >= 4 is 11.6 Å². The van der Waals surface area contributed by atoms with Crippen molar-refractivity contribution in [2.75, 3.05) is 56.2 Å². The highest BCUT2D eigenvalue weighted by molar-refractivity contribution is 5.49. The molecule has 2 aliphatic heterocycles. The Kier molecular flexibility index (Phi) is 5.64. The Bertz CT molecular complexity index is 495. The lowest BCUT2D eigenvalue weighted by Crippen LogP contribution is -2.45. The number of aliphatic hydroxyl groups excluding tert-OH is 1. The maximum atomic E-state index is 9.47. The average Bonchev–Trinajstić information content (AvgIpc) is 3.09. The van der Waals surface area contributed by atoms with Gasteiger partial charge in [-0.2, -0.15) is 0 Å². The van der Waals surface area contributed by atoms with Crippen molar-refractivity contribution in [3.05, 3.63) is 12.4 Å². The Morgan fingerprint density at radius 3 is 2.96 bits per heavy atom. The summed E-state index contributed by atoms with van der Waals surface area (Å²) in [6.07, 6.45) is 3.73. The average molecular weight is 321 g/mol. The quantitative estimate of drug-likeness (QED) is 0.793. The molecular weight excluding hydrogens is 294 g/mol. The zero-order valence-electron chi connectivity index (χ0n) is 13.8. The van der Waals surface area contributed by atoms with Crippen LogP contribution in [0.4, 0.5) is 11.6 Å². The number of morpholine rings is 1. The molecule has 0 amide bonds. The second kappa shape index (κ2) is 7.90. The van der Waals surface area contributed by atoms with Gasteiger partial charge >= 0.3 is 0 Å². The lowest BCUT2D eigenvalue weighted by Gasteiger charge is -2.32. The standard InChI is InChI=1S/C16H27N5O2/c1-13(20-5-7-23-8-6-20)10-17-15-9-16(19-12-18-15)21-4-2-3-14(21)11-22/h9,12-14,22H,2-8,10-11H2,1H3,(H,17,18,19). The summed E-state index contributed by atoms with van der Waals surface area (Å²) in [5, 5.41) is 12.9. The summed E-state index contributed by atoms with van der Waals surface area (Å²) < 4.78 is 5.40. The topological polar surface area (TPSA) is 73.8 Å². The van der Waals surface area contributed by atoms with Gasteiger partial charge in [-0.15, -0.1) is 0 Å². The Balaban J connectivity index is 1.57. The third-order valence-corrected chi connectivity index (χ3v) is 4.78. The van der Waals surface area contributed by atoms with Gasteiger partial charge in [-0.1, -0.05) is 0 Å². The summed E-state index contributed by atoms with van der Waals surface area (Å²) in [4.78, 5) is 13.3. The monoisotopic (exact) mass is 321 g/mol. The van der Waals surface area contributed by atoms with Gasteiger partial charge in [0.05, 0.1) is 25.9 Å². The van der Waals surface area contributed by atoms with Gasteiger partial charge in [-0.25, -0.2) is 9.97 Å². The molecule has 23 heavy (non-hydrogen) atoms. The summed E-state index contributed by atoms with van der Waals surface area (Å²) in [6.45, 7) is 7.82. The fourth-order valence-corrected chi connectivity index (χ4v) is 3.33. The summed E-state index contributed by atoms with van der Waals surface area (Å²) in [5.41, 5.74) is 0. The third-order valence-electron chi connectivity index (χ3n) is 4.78. The van der Waals surface area contributed by atoms with E-state index >= 15 is 0 Å². The van der Waals surface area contributed by atoms with Crippen molar-refractivity contribution in [2.24, 2.45) is 0 Å². The van der Waals surface area contributed by atoms with Gasteiger partial charge in [-0.3, -0.25) is 4.90 Å². The molecule has 7 heteroatoms. The third kappa shape index (κ3) is 4.10. The van der Waals surface area contributed by atoms with Gasteiger partial charge in [0.25, 0.3) is 0 Å². The molecule has 0 aromatic carbocycles. The molecule has 1 aromatic heterocycles. The summed E-state index contributed by atoms with van der Waals surface area (Å²) in [6, 6.07) is 2.61. The molecule has 3 heterocycles. The van der Waals surface area contributed by atoms with Crippen LogP contribution in [-0.4, -0.2) is 78.1 Å².